The van der Waals surface area contributed by atoms with Gasteiger partial charge in [0.15, 0.2) is 0 Å². The second-order valence-electron chi connectivity index (χ2n) is 7.98. The Morgan fingerprint density at radius 1 is 1.18 bits per heavy atom. The van der Waals surface area contributed by atoms with E-state index in [4.69, 9.17) is 4.74 Å². The van der Waals surface area contributed by atoms with Crippen LogP contribution in [-0.4, -0.2) is 58.0 Å². The van der Waals surface area contributed by atoms with Crippen molar-refractivity contribution in [3.63, 3.8) is 0 Å². The summed E-state index contributed by atoms with van der Waals surface area (Å²) in [4.78, 5) is 21.4. The van der Waals surface area contributed by atoms with Crippen LogP contribution in [0.4, 0.5) is 0 Å². The lowest BCUT2D eigenvalue weighted by Crippen LogP contribution is -2.53. The maximum atomic E-state index is 12.7. The molecule has 1 aromatic heterocycles. The van der Waals surface area contributed by atoms with Gasteiger partial charge in [0.25, 0.3) is 0 Å². The molecule has 1 aromatic carbocycles. The van der Waals surface area contributed by atoms with Crippen molar-refractivity contribution in [2.75, 3.05) is 26.7 Å². The number of aromatic nitrogens is 2. The number of rotatable bonds is 6. The van der Waals surface area contributed by atoms with Crippen molar-refractivity contribution in [1.29, 1.82) is 0 Å². The van der Waals surface area contributed by atoms with Crippen LogP contribution in [0, 0.1) is 6.92 Å². The van der Waals surface area contributed by atoms with E-state index in [0.717, 1.165) is 43.3 Å². The highest BCUT2D eigenvalue weighted by molar-refractivity contribution is 5.79. The smallest absolute Gasteiger partial charge is 0.237 e. The van der Waals surface area contributed by atoms with E-state index < -0.39 is 0 Å². The number of hydrogen-bond donors (Lipinski definition) is 0. The lowest BCUT2D eigenvalue weighted by Gasteiger charge is -2.37. The van der Waals surface area contributed by atoms with E-state index in [1.165, 1.54) is 31.2 Å². The van der Waals surface area contributed by atoms with Crippen molar-refractivity contribution < 1.29 is 9.53 Å². The van der Waals surface area contributed by atoms with Crippen LogP contribution in [0.2, 0.25) is 0 Å². The number of amides is 1. The predicted octanol–water partition coefficient (Wildman–Crippen LogP) is 2.84. The van der Waals surface area contributed by atoms with Crippen molar-refractivity contribution in [3.8, 4) is 5.75 Å². The summed E-state index contributed by atoms with van der Waals surface area (Å²) in [6.07, 6.45) is 8.71. The van der Waals surface area contributed by atoms with Gasteiger partial charge in [-0.1, -0.05) is 18.9 Å². The van der Waals surface area contributed by atoms with Gasteiger partial charge in [0, 0.05) is 43.6 Å². The van der Waals surface area contributed by atoms with Crippen LogP contribution < -0.4 is 4.74 Å². The van der Waals surface area contributed by atoms with Crippen LogP contribution >= 0.6 is 0 Å². The first-order chi connectivity index (χ1) is 13.6. The van der Waals surface area contributed by atoms with Gasteiger partial charge in [-0.2, -0.15) is 0 Å². The molecule has 0 atom stereocenters. The van der Waals surface area contributed by atoms with E-state index in [-0.39, 0.29) is 0 Å². The molecule has 1 saturated heterocycles. The molecule has 1 amide bonds. The molecule has 6 nitrogen and oxygen atoms in total. The predicted molar refractivity (Wildman–Crippen MR) is 108 cm³/mol. The Hall–Kier alpha value is -2.34. The molecule has 0 radical (unpaired) electrons. The first-order valence-electron chi connectivity index (χ1n) is 10.3. The van der Waals surface area contributed by atoms with E-state index in [1.54, 1.807) is 7.11 Å². The molecular formula is C22H30N4O2. The minimum Gasteiger partial charge on any atom is -0.496 e. The van der Waals surface area contributed by atoms with Crippen LogP contribution in [0.3, 0.4) is 0 Å². The SMILES string of the molecule is COc1ccc(CN2CCN(C3CCCC3)C(=O)C2)cc1Cn1ccnc1C. The third-order valence-corrected chi connectivity index (χ3v) is 6.12. The van der Waals surface area contributed by atoms with Gasteiger partial charge in [0.2, 0.25) is 5.91 Å². The van der Waals surface area contributed by atoms with Gasteiger partial charge in [0.05, 0.1) is 20.2 Å². The Morgan fingerprint density at radius 3 is 2.68 bits per heavy atom. The molecule has 150 valence electrons. The molecule has 4 rings (SSSR count). The molecule has 1 aliphatic heterocycles. The number of hydrogen-bond acceptors (Lipinski definition) is 4. The van der Waals surface area contributed by atoms with E-state index >= 15 is 0 Å². The third kappa shape index (κ3) is 4.07. The van der Waals surface area contributed by atoms with E-state index in [0.29, 0.717) is 18.5 Å². The first kappa shape index (κ1) is 19.0. The van der Waals surface area contributed by atoms with E-state index in [9.17, 15) is 4.79 Å². The number of imidazole rings is 1. The second-order valence-corrected chi connectivity index (χ2v) is 7.98. The zero-order valence-electron chi connectivity index (χ0n) is 16.9. The Kier molecular flexibility index (Phi) is 5.67. The zero-order valence-corrected chi connectivity index (χ0v) is 16.9. The van der Waals surface area contributed by atoms with Crippen molar-refractivity contribution in [1.82, 2.24) is 19.4 Å². The number of carbonyl (C=O) groups is 1. The lowest BCUT2D eigenvalue weighted by atomic mass is 10.1. The van der Waals surface area contributed by atoms with Crippen molar-refractivity contribution in [2.24, 2.45) is 0 Å². The highest BCUT2D eigenvalue weighted by Gasteiger charge is 2.31. The maximum Gasteiger partial charge on any atom is 0.237 e. The highest BCUT2D eigenvalue weighted by atomic mass is 16.5. The Labute approximate surface area is 167 Å². The van der Waals surface area contributed by atoms with Gasteiger partial charge >= 0.3 is 0 Å². The zero-order chi connectivity index (χ0) is 19.5. The number of carbonyl (C=O) groups excluding carboxylic acids is 1. The van der Waals surface area contributed by atoms with Crippen molar-refractivity contribution in [3.05, 3.63) is 47.5 Å². The fraction of sp³-hybridized carbons (Fsp3) is 0.545. The number of aryl methyl sites for hydroxylation is 1. The van der Waals surface area contributed by atoms with Gasteiger partial charge in [0.1, 0.15) is 11.6 Å². The molecule has 0 N–H and O–H groups in total. The van der Waals surface area contributed by atoms with Crippen LogP contribution in [0.5, 0.6) is 5.75 Å². The van der Waals surface area contributed by atoms with E-state index in [2.05, 4.69) is 31.5 Å². The lowest BCUT2D eigenvalue weighted by molar-refractivity contribution is -0.138. The van der Waals surface area contributed by atoms with Gasteiger partial charge in [-0.3, -0.25) is 9.69 Å². The number of ether oxygens (including phenoxy) is 1. The monoisotopic (exact) mass is 382 g/mol. The quantitative estimate of drug-likeness (QED) is 0.771. The minimum atomic E-state index is 0.293. The van der Waals surface area contributed by atoms with Crippen molar-refractivity contribution >= 4 is 5.91 Å². The molecule has 2 aliphatic rings. The Morgan fingerprint density at radius 2 is 2.00 bits per heavy atom. The molecule has 0 spiro atoms. The molecule has 0 unspecified atom stereocenters. The van der Waals surface area contributed by atoms with Gasteiger partial charge in [-0.05, 0) is 37.5 Å². The topological polar surface area (TPSA) is 50.6 Å². The van der Waals surface area contributed by atoms with Crippen LogP contribution in [-0.2, 0) is 17.9 Å². The molecule has 28 heavy (non-hydrogen) atoms. The number of nitrogens with zero attached hydrogens (tertiary/aromatic N) is 4. The Bertz CT molecular complexity index is 826. The summed E-state index contributed by atoms with van der Waals surface area (Å²) in [5.41, 5.74) is 2.35. The number of methoxy groups -OCH3 is 1. The third-order valence-electron chi connectivity index (χ3n) is 6.12. The van der Waals surface area contributed by atoms with Crippen LogP contribution in [0.25, 0.3) is 0 Å². The first-order valence-corrected chi connectivity index (χ1v) is 10.3. The molecule has 1 aliphatic carbocycles. The average molecular weight is 383 g/mol. The van der Waals surface area contributed by atoms with Gasteiger partial charge in [-0.25, -0.2) is 4.98 Å². The normalized spacial score (nSPS) is 18.8. The standard InChI is InChI=1S/C22H30N4O2/c1-17-23-9-10-25(17)15-19-13-18(7-8-21(19)28-2)14-24-11-12-26(22(27)16-24)20-5-3-4-6-20/h7-10,13,20H,3-6,11-12,14-16H2,1-2H3. The number of benzene rings is 1. The molecule has 0 bridgehead atoms. The molecule has 2 heterocycles. The largest absolute Gasteiger partial charge is 0.496 e. The fourth-order valence-corrected chi connectivity index (χ4v) is 4.54. The van der Waals surface area contributed by atoms with Gasteiger partial charge < -0.3 is 14.2 Å². The van der Waals surface area contributed by atoms with E-state index in [1.807, 2.05) is 25.4 Å². The van der Waals surface area contributed by atoms with Crippen LogP contribution in [0.1, 0.15) is 42.6 Å². The Balaban J connectivity index is 1.43. The summed E-state index contributed by atoms with van der Waals surface area (Å²) >= 11 is 0. The minimum absolute atomic E-state index is 0.293. The molecular weight excluding hydrogens is 352 g/mol. The van der Waals surface area contributed by atoms with Gasteiger partial charge in [-0.15, -0.1) is 0 Å². The molecule has 2 aromatic rings. The number of piperazine rings is 1. The van der Waals surface area contributed by atoms with Crippen LogP contribution in [0.15, 0.2) is 30.6 Å². The highest BCUT2D eigenvalue weighted by Crippen LogP contribution is 2.26. The summed E-state index contributed by atoms with van der Waals surface area (Å²) < 4.78 is 7.68. The summed E-state index contributed by atoms with van der Waals surface area (Å²) in [5, 5.41) is 0. The molecule has 6 heteroatoms. The average Bonchev–Trinajstić information content (AvgIpc) is 3.35. The summed E-state index contributed by atoms with van der Waals surface area (Å²) in [6, 6.07) is 6.83. The maximum absolute atomic E-state index is 12.7. The summed E-state index contributed by atoms with van der Waals surface area (Å²) in [6.45, 7) is 5.87. The molecule has 2 fully saturated rings. The fourth-order valence-electron chi connectivity index (χ4n) is 4.54. The second kappa shape index (κ2) is 8.35. The van der Waals surface area contributed by atoms with Crippen molar-refractivity contribution in [2.45, 2.75) is 51.7 Å². The summed E-state index contributed by atoms with van der Waals surface area (Å²) in [5.74, 6) is 2.17. The summed E-state index contributed by atoms with van der Waals surface area (Å²) in [7, 11) is 1.71. The molecule has 1 saturated carbocycles.